The number of aromatic nitrogens is 1. The van der Waals surface area contributed by atoms with E-state index in [0.717, 1.165) is 17.9 Å². The number of pyridine rings is 1. The molecular weight excluding hydrogens is 236 g/mol. The molecule has 1 aromatic heterocycles. The van der Waals surface area contributed by atoms with Gasteiger partial charge in [0.05, 0.1) is 6.10 Å². The minimum atomic E-state index is -0.459. The Kier molecular flexibility index (Phi) is 4.81. The molecule has 0 amide bonds. The first-order chi connectivity index (χ1) is 9.09. The number of hydrogen-bond donors (Lipinski definition) is 1. The molecule has 1 saturated carbocycles. The number of hydrogen-bond acceptors (Lipinski definition) is 3. The summed E-state index contributed by atoms with van der Waals surface area (Å²) in [6.07, 6.45) is 6.51. The molecule has 2 rings (SSSR count). The first kappa shape index (κ1) is 14.3. The van der Waals surface area contributed by atoms with Gasteiger partial charge in [0.25, 0.3) is 0 Å². The summed E-state index contributed by atoms with van der Waals surface area (Å²) in [5.41, 5.74) is 0.954. The van der Waals surface area contributed by atoms with Crippen LogP contribution in [0.4, 0.5) is 5.82 Å². The Morgan fingerprint density at radius 3 is 2.58 bits per heavy atom. The lowest BCUT2D eigenvalue weighted by Gasteiger charge is -2.33. The molecule has 0 bridgehead atoms. The highest BCUT2D eigenvalue weighted by atomic mass is 16.3. The molecular formula is C16H26N2O. The Hall–Kier alpha value is -1.09. The van der Waals surface area contributed by atoms with E-state index in [4.69, 9.17) is 0 Å². The van der Waals surface area contributed by atoms with Gasteiger partial charge in [-0.05, 0) is 31.7 Å². The highest BCUT2D eigenvalue weighted by Gasteiger charge is 2.26. The fraction of sp³-hybridized carbons (Fsp3) is 0.688. The van der Waals surface area contributed by atoms with Crippen LogP contribution < -0.4 is 4.90 Å². The minimum absolute atomic E-state index is 0.459. The normalized spacial score (nSPS) is 17.9. The van der Waals surface area contributed by atoms with Gasteiger partial charge in [-0.25, -0.2) is 4.98 Å². The zero-order valence-corrected chi connectivity index (χ0v) is 12.3. The summed E-state index contributed by atoms with van der Waals surface area (Å²) in [5, 5.41) is 9.96. The van der Waals surface area contributed by atoms with Gasteiger partial charge in [-0.1, -0.05) is 32.8 Å². The van der Waals surface area contributed by atoms with E-state index in [-0.39, 0.29) is 0 Å². The lowest BCUT2D eigenvalue weighted by Crippen LogP contribution is -2.37. The maximum atomic E-state index is 9.96. The molecule has 0 saturated heterocycles. The van der Waals surface area contributed by atoms with Gasteiger partial charge < -0.3 is 10.0 Å². The maximum Gasteiger partial charge on any atom is 0.134 e. The first-order valence-electron chi connectivity index (χ1n) is 7.49. The van der Waals surface area contributed by atoms with Gasteiger partial charge in [0.15, 0.2) is 0 Å². The van der Waals surface area contributed by atoms with Crippen molar-refractivity contribution < 1.29 is 5.11 Å². The summed E-state index contributed by atoms with van der Waals surface area (Å²) in [7, 11) is 0. The predicted octanol–water partition coefficient (Wildman–Crippen LogP) is 3.54. The molecule has 19 heavy (non-hydrogen) atoms. The molecule has 1 atom stereocenters. The summed E-state index contributed by atoms with van der Waals surface area (Å²) in [4.78, 5) is 6.99. The maximum absolute atomic E-state index is 9.96. The SMILES string of the molecule is CC(C)CN(c1ncccc1[C@H](C)O)C1CCCC1. The van der Waals surface area contributed by atoms with Crippen molar-refractivity contribution in [2.45, 2.75) is 58.6 Å². The molecule has 0 radical (unpaired) electrons. The Labute approximate surface area is 116 Å². The number of nitrogens with zero attached hydrogens (tertiary/aromatic N) is 2. The number of aliphatic hydroxyl groups excluding tert-OH is 1. The standard InChI is InChI=1S/C16H26N2O/c1-12(2)11-18(14-7-4-5-8-14)16-15(13(3)19)9-6-10-17-16/h6,9-10,12-14,19H,4-5,7-8,11H2,1-3H3/t13-/m0/s1. The van der Waals surface area contributed by atoms with Gasteiger partial charge in [-0.2, -0.15) is 0 Å². The molecule has 1 aliphatic rings. The van der Waals surface area contributed by atoms with E-state index < -0.39 is 6.10 Å². The van der Waals surface area contributed by atoms with E-state index in [1.54, 1.807) is 0 Å². The fourth-order valence-corrected chi connectivity index (χ4v) is 2.99. The van der Waals surface area contributed by atoms with Crippen LogP contribution in [0, 0.1) is 5.92 Å². The van der Waals surface area contributed by atoms with Crippen molar-refractivity contribution >= 4 is 5.82 Å². The van der Waals surface area contributed by atoms with Crippen molar-refractivity contribution in [2.75, 3.05) is 11.4 Å². The summed E-state index contributed by atoms with van der Waals surface area (Å²) in [5.74, 6) is 1.59. The highest BCUT2D eigenvalue weighted by molar-refractivity contribution is 5.49. The van der Waals surface area contributed by atoms with Gasteiger partial charge >= 0.3 is 0 Å². The zero-order chi connectivity index (χ0) is 13.8. The Balaban J connectivity index is 2.31. The predicted molar refractivity (Wildman–Crippen MR) is 79.3 cm³/mol. The van der Waals surface area contributed by atoms with E-state index in [9.17, 15) is 5.11 Å². The van der Waals surface area contributed by atoms with E-state index in [1.165, 1.54) is 25.7 Å². The number of aliphatic hydroxyl groups is 1. The lowest BCUT2D eigenvalue weighted by atomic mass is 10.1. The second-order valence-electron chi connectivity index (χ2n) is 6.08. The lowest BCUT2D eigenvalue weighted by molar-refractivity contribution is 0.199. The second kappa shape index (κ2) is 6.38. The average Bonchev–Trinajstić information content (AvgIpc) is 2.89. The van der Waals surface area contributed by atoms with E-state index in [1.807, 2.05) is 25.3 Å². The van der Waals surface area contributed by atoms with Crippen LogP contribution in [0.3, 0.4) is 0 Å². The first-order valence-corrected chi connectivity index (χ1v) is 7.49. The van der Waals surface area contributed by atoms with Crippen molar-refractivity contribution in [1.29, 1.82) is 0 Å². The molecule has 1 N–H and O–H groups in total. The monoisotopic (exact) mass is 262 g/mol. The largest absolute Gasteiger partial charge is 0.389 e. The Bertz CT molecular complexity index is 397. The molecule has 3 heteroatoms. The van der Waals surface area contributed by atoms with Crippen LogP contribution in [0.1, 0.15) is 58.1 Å². The van der Waals surface area contributed by atoms with Gasteiger partial charge in [0.1, 0.15) is 5.82 Å². The van der Waals surface area contributed by atoms with Crippen molar-refractivity contribution in [3.05, 3.63) is 23.9 Å². The van der Waals surface area contributed by atoms with Crippen LogP contribution in [-0.2, 0) is 0 Å². The Morgan fingerprint density at radius 2 is 2.00 bits per heavy atom. The van der Waals surface area contributed by atoms with Crippen LogP contribution in [0.15, 0.2) is 18.3 Å². The topological polar surface area (TPSA) is 36.4 Å². The summed E-state index contributed by atoms with van der Waals surface area (Å²) >= 11 is 0. The van der Waals surface area contributed by atoms with Crippen molar-refractivity contribution in [1.82, 2.24) is 4.98 Å². The third kappa shape index (κ3) is 3.47. The molecule has 1 fully saturated rings. The van der Waals surface area contributed by atoms with Crippen LogP contribution in [0.25, 0.3) is 0 Å². The smallest absolute Gasteiger partial charge is 0.134 e. The quantitative estimate of drug-likeness (QED) is 0.881. The minimum Gasteiger partial charge on any atom is -0.389 e. The van der Waals surface area contributed by atoms with Crippen molar-refractivity contribution in [2.24, 2.45) is 5.92 Å². The van der Waals surface area contributed by atoms with Crippen LogP contribution in [0.5, 0.6) is 0 Å². The Morgan fingerprint density at radius 1 is 1.32 bits per heavy atom. The van der Waals surface area contributed by atoms with E-state index in [2.05, 4.69) is 23.7 Å². The van der Waals surface area contributed by atoms with Crippen LogP contribution in [-0.4, -0.2) is 22.7 Å². The molecule has 0 unspecified atom stereocenters. The highest BCUT2D eigenvalue weighted by Crippen LogP contribution is 2.31. The number of rotatable bonds is 5. The molecule has 1 aliphatic carbocycles. The third-order valence-electron chi connectivity index (χ3n) is 3.87. The summed E-state index contributed by atoms with van der Waals surface area (Å²) in [6, 6.07) is 4.50. The third-order valence-corrected chi connectivity index (χ3v) is 3.87. The average molecular weight is 262 g/mol. The molecule has 0 aromatic carbocycles. The van der Waals surface area contributed by atoms with Crippen LogP contribution >= 0.6 is 0 Å². The van der Waals surface area contributed by atoms with Crippen molar-refractivity contribution in [3.8, 4) is 0 Å². The van der Waals surface area contributed by atoms with Crippen LogP contribution in [0.2, 0.25) is 0 Å². The van der Waals surface area contributed by atoms with E-state index >= 15 is 0 Å². The molecule has 0 spiro atoms. The molecule has 1 aromatic rings. The fourth-order valence-electron chi connectivity index (χ4n) is 2.99. The molecule has 1 heterocycles. The van der Waals surface area contributed by atoms with E-state index in [0.29, 0.717) is 12.0 Å². The van der Waals surface area contributed by atoms with Gasteiger partial charge in [0, 0.05) is 24.3 Å². The molecule has 0 aliphatic heterocycles. The van der Waals surface area contributed by atoms with Crippen molar-refractivity contribution in [3.63, 3.8) is 0 Å². The molecule has 3 nitrogen and oxygen atoms in total. The number of anilines is 1. The van der Waals surface area contributed by atoms with Gasteiger partial charge in [0.2, 0.25) is 0 Å². The van der Waals surface area contributed by atoms with Gasteiger partial charge in [-0.3, -0.25) is 0 Å². The van der Waals surface area contributed by atoms with Gasteiger partial charge in [-0.15, -0.1) is 0 Å². The second-order valence-corrected chi connectivity index (χ2v) is 6.08. The summed E-state index contributed by atoms with van der Waals surface area (Å²) in [6.45, 7) is 7.32. The summed E-state index contributed by atoms with van der Waals surface area (Å²) < 4.78 is 0. The molecule has 106 valence electrons. The zero-order valence-electron chi connectivity index (χ0n) is 12.3.